The van der Waals surface area contributed by atoms with Crippen molar-refractivity contribution in [1.29, 1.82) is 0 Å². The fourth-order valence-corrected chi connectivity index (χ4v) is 4.86. The highest BCUT2D eigenvalue weighted by Crippen LogP contribution is 2.55. The van der Waals surface area contributed by atoms with Gasteiger partial charge in [0.05, 0.1) is 0 Å². The minimum absolute atomic E-state index is 0.0523. The topological polar surface area (TPSA) is 66.5 Å². The first-order chi connectivity index (χ1) is 9.12. The Morgan fingerprint density at radius 2 is 1.53 bits per heavy atom. The van der Waals surface area contributed by atoms with Gasteiger partial charge in [0, 0.05) is 5.54 Å². The molecule has 4 rings (SSSR count). The van der Waals surface area contributed by atoms with Crippen LogP contribution in [0, 0.1) is 17.8 Å². The highest BCUT2D eigenvalue weighted by Gasteiger charge is 2.51. The molecule has 5 heteroatoms. The van der Waals surface area contributed by atoms with E-state index in [1.54, 1.807) is 0 Å². The van der Waals surface area contributed by atoms with Crippen LogP contribution in [0.2, 0.25) is 0 Å². The smallest absolute Gasteiger partial charge is 0.240 e. The number of rotatable bonds is 5. The minimum Gasteiger partial charge on any atom is -0.349 e. The maximum atomic E-state index is 12.0. The van der Waals surface area contributed by atoms with E-state index in [1.807, 2.05) is 0 Å². The fourth-order valence-electron chi connectivity index (χ4n) is 4.86. The van der Waals surface area contributed by atoms with Gasteiger partial charge in [-0.25, -0.2) is 0 Å². The standard InChI is InChI=1S/C14H20N2O3/c17-8-16(9-18)7-13(19)15-14-4-10-1-11(5-14)3-12(2-10)6-14/h8-12H,1-7H2,(H,15,19). The van der Waals surface area contributed by atoms with Gasteiger partial charge >= 0.3 is 0 Å². The summed E-state index contributed by atoms with van der Waals surface area (Å²) in [6.45, 7) is -0.158. The minimum atomic E-state index is -0.207. The molecular formula is C14H20N2O3. The average molecular weight is 264 g/mol. The lowest BCUT2D eigenvalue weighted by Crippen LogP contribution is -2.60. The first-order valence-corrected chi connectivity index (χ1v) is 7.10. The third-order valence-electron chi connectivity index (χ3n) is 5.04. The van der Waals surface area contributed by atoms with E-state index in [-0.39, 0.29) is 18.0 Å². The molecule has 4 fully saturated rings. The summed E-state index contributed by atoms with van der Waals surface area (Å²) >= 11 is 0. The van der Waals surface area contributed by atoms with E-state index in [4.69, 9.17) is 0 Å². The molecule has 0 saturated heterocycles. The van der Waals surface area contributed by atoms with E-state index >= 15 is 0 Å². The summed E-state index contributed by atoms with van der Waals surface area (Å²) < 4.78 is 0. The van der Waals surface area contributed by atoms with E-state index in [9.17, 15) is 14.4 Å². The fraction of sp³-hybridized carbons (Fsp3) is 0.786. The molecule has 19 heavy (non-hydrogen) atoms. The lowest BCUT2D eigenvalue weighted by atomic mass is 9.53. The zero-order chi connectivity index (χ0) is 13.5. The van der Waals surface area contributed by atoms with Gasteiger partial charge in [0.2, 0.25) is 18.7 Å². The van der Waals surface area contributed by atoms with Crippen molar-refractivity contribution in [3.8, 4) is 0 Å². The molecule has 0 aromatic rings. The van der Waals surface area contributed by atoms with Crippen molar-refractivity contribution in [2.45, 2.75) is 44.1 Å². The quantitative estimate of drug-likeness (QED) is 0.743. The molecule has 0 radical (unpaired) electrons. The first-order valence-electron chi connectivity index (χ1n) is 7.10. The number of amides is 3. The van der Waals surface area contributed by atoms with Gasteiger partial charge in [0.15, 0.2) is 0 Å². The number of nitrogens with zero attached hydrogens (tertiary/aromatic N) is 1. The third-order valence-corrected chi connectivity index (χ3v) is 5.04. The Labute approximate surface area is 112 Å². The second kappa shape index (κ2) is 4.62. The molecular weight excluding hydrogens is 244 g/mol. The number of imide groups is 1. The molecule has 1 N–H and O–H groups in total. The molecule has 0 heterocycles. The van der Waals surface area contributed by atoms with Crippen LogP contribution in [0.15, 0.2) is 0 Å². The molecule has 104 valence electrons. The Bertz CT molecular complexity index is 364. The van der Waals surface area contributed by atoms with Crippen molar-refractivity contribution in [2.24, 2.45) is 17.8 Å². The van der Waals surface area contributed by atoms with Crippen molar-refractivity contribution in [3.05, 3.63) is 0 Å². The predicted molar refractivity (Wildman–Crippen MR) is 67.9 cm³/mol. The summed E-state index contributed by atoms with van der Waals surface area (Å²) in [5, 5.41) is 3.13. The van der Waals surface area contributed by atoms with Crippen molar-refractivity contribution in [3.63, 3.8) is 0 Å². The molecule has 3 amide bonds. The molecule has 5 nitrogen and oxygen atoms in total. The van der Waals surface area contributed by atoms with Gasteiger partial charge in [-0.05, 0) is 56.3 Å². The van der Waals surface area contributed by atoms with Crippen LogP contribution in [0.5, 0.6) is 0 Å². The van der Waals surface area contributed by atoms with E-state index in [2.05, 4.69) is 5.32 Å². The monoisotopic (exact) mass is 264 g/mol. The lowest BCUT2D eigenvalue weighted by Gasteiger charge is -2.56. The van der Waals surface area contributed by atoms with Gasteiger partial charge in [0.25, 0.3) is 0 Å². The van der Waals surface area contributed by atoms with Crippen molar-refractivity contribution >= 4 is 18.7 Å². The van der Waals surface area contributed by atoms with E-state index in [0.29, 0.717) is 12.8 Å². The SMILES string of the molecule is O=CN(C=O)CC(=O)NC12CC3CC(CC(C3)C1)C2. The molecule has 4 aliphatic carbocycles. The molecule has 0 aliphatic heterocycles. The van der Waals surface area contributed by atoms with Gasteiger partial charge in [-0.1, -0.05) is 0 Å². The van der Waals surface area contributed by atoms with E-state index in [0.717, 1.165) is 41.9 Å². The molecule has 0 spiro atoms. The van der Waals surface area contributed by atoms with Gasteiger partial charge in [0.1, 0.15) is 6.54 Å². The third kappa shape index (κ3) is 2.38. The van der Waals surface area contributed by atoms with Crippen LogP contribution in [0.3, 0.4) is 0 Å². The van der Waals surface area contributed by atoms with Crippen LogP contribution in [-0.2, 0) is 14.4 Å². The molecule has 0 atom stereocenters. The number of hydrogen-bond acceptors (Lipinski definition) is 3. The summed E-state index contributed by atoms with van der Waals surface area (Å²) in [7, 11) is 0. The summed E-state index contributed by atoms with van der Waals surface area (Å²) in [6, 6.07) is 0. The predicted octanol–water partition coefficient (Wildman–Crippen LogP) is 0.686. The molecule has 0 aromatic heterocycles. The molecule has 4 saturated carbocycles. The Kier molecular flexibility index (Phi) is 3.07. The Morgan fingerprint density at radius 3 is 1.95 bits per heavy atom. The highest BCUT2D eigenvalue weighted by molar-refractivity contribution is 5.84. The molecule has 4 bridgehead atoms. The number of carbonyl (C=O) groups excluding carboxylic acids is 3. The largest absolute Gasteiger partial charge is 0.349 e. The molecule has 0 unspecified atom stereocenters. The van der Waals surface area contributed by atoms with Gasteiger partial charge < -0.3 is 5.32 Å². The number of carbonyl (C=O) groups is 3. The summed E-state index contributed by atoms with van der Waals surface area (Å²) in [5.74, 6) is 2.08. The second-order valence-electron chi connectivity index (χ2n) is 6.63. The lowest BCUT2D eigenvalue weighted by molar-refractivity contribution is -0.137. The normalized spacial score (nSPS) is 38.8. The Hall–Kier alpha value is -1.39. The van der Waals surface area contributed by atoms with Gasteiger partial charge in [-0.15, -0.1) is 0 Å². The van der Waals surface area contributed by atoms with Gasteiger partial charge in [-0.3, -0.25) is 19.3 Å². The van der Waals surface area contributed by atoms with Crippen LogP contribution in [0.1, 0.15) is 38.5 Å². The van der Waals surface area contributed by atoms with Crippen LogP contribution in [0.25, 0.3) is 0 Å². The van der Waals surface area contributed by atoms with E-state index < -0.39 is 0 Å². The van der Waals surface area contributed by atoms with Crippen molar-refractivity contribution in [2.75, 3.05) is 6.54 Å². The number of nitrogens with one attached hydrogen (secondary N) is 1. The van der Waals surface area contributed by atoms with Crippen molar-refractivity contribution < 1.29 is 14.4 Å². The highest BCUT2D eigenvalue weighted by atomic mass is 16.2. The molecule has 0 aromatic carbocycles. The van der Waals surface area contributed by atoms with Crippen LogP contribution in [0.4, 0.5) is 0 Å². The van der Waals surface area contributed by atoms with E-state index in [1.165, 1.54) is 19.3 Å². The van der Waals surface area contributed by atoms with Gasteiger partial charge in [-0.2, -0.15) is 0 Å². The van der Waals surface area contributed by atoms with Crippen LogP contribution >= 0.6 is 0 Å². The van der Waals surface area contributed by atoms with Crippen molar-refractivity contribution in [1.82, 2.24) is 10.2 Å². The first kappa shape index (κ1) is 12.6. The zero-order valence-corrected chi connectivity index (χ0v) is 11.0. The summed E-state index contributed by atoms with van der Waals surface area (Å²) in [6.07, 6.45) is 7.99. The maximum Gasteiger partial charge on any atom is 0.240 e. The second-order valence-corrected chi connectivity index (χ2v) is 6.63. The zero-order valence-electron chi connectivity index (χ0n) is 11.0. The maximum absolute atomic E-state index is 12.0. The number of hydrogen-bond donors (Lipinski definition) is 1. The summed E-state index contributed by atoms with van der Waals surface area (Å²) in [4.78, 5) is 33.9. The van der Waals surface area contributed by atoms with Crippen LogP contribution < -0.4 is 5.32 Å². The molecule has 4 aliphatic rings. The average Bonchev–Trinajstić information content (AvgIpc) is 2.33. The Balaban J connectivity index is 1.64. The summed E-state index contributed by atoms with van der Waals surface area (Å²) in [5.41, 5.74) is -0.0523. The van der Waals surface area contributed by atoms with Crippen LogP contribution in [-0.4, -0.2) is 35.7 Å². The Morgan fingerprint density at radius 1 is 1.05 bits per heavy atom.